The van der Waals surface area contributed by atoms with E-state index in [0.29, 0.717) is 10.1 Å². The van der Waals surface area contributed by atoms with E-state index < -0.39 is 0 Å². The van der Waals surface area contributed by atoms with Gasteiger partial charge < -0.3 is 9.88 Å². The van der Waals surface area contributed by atoms with Crippen LogP contribution < -0.4 is 5.32 Å². The number of aromatic nitrogens is 1. The fourth-order valence-corrected chi connectivity index (χ4v) is 3.96. The minimum atomic E-state index is -0.122. The second kappa shape index (κ2) is 6.54. The molecular weight excluding hydrogens is 398 g/mol. The molecule has 0 saturated carbocycles. The second-order valence-corrected chi connectivity index (χ2v) is 7.53. The van der Waals surface area contributed by atoms with Gasteiger partial charge in [0.1, 0.15) is 0 Å². The first-order valence-corrected chi connectivity index (χ1v) is 9.31. The van der Waals surface area contributed by atoms with Gasteiger partial charge in [-0.2, -0.15) is 0 Å². The molecule has 0 bridgehead atoms. The fourth-order valence-electron chi connectivity index (χ4n) is 2.76. The van der Waals surface area contributed by atoms with Gasteiger partial charge in [-0.1, -0.05) is 30.3 Å². The maximum atomic E-state index is 12.3. The Kier molecular flexibility index (Phi) is 4.23. The normalized spacial score (nSPS) is 17.6. The van der Waals surface area contributed by atoms with E-state index in [4.69, 9.17) is 0 Å². The van der Waals surface area contributed by atoms with Crippen molar-refractivity contribution in [3.63, 3.8) is 0 Å². The number of para-hydroxylation sites is 2. The lowest BCUT2D eigenvalue weighted by Gasteiger charge is -1.98. The SMILES string of the molecule is Cn1cc(C=C2SC(=Nc3ccccc3Br)NC2=O)c2ccccc21. The molecule has 3 aromatic rings. The van der Waals surface area contributed by atoms with Crippen molar-refractivity contribution in [2.24, 2.45) is 12.0 Å². The van der Waals surface area contributed by atoms with Gasteiger partial charge in [0.25, 0.3) is 5.91 Å². The molecule has 0 atom stereocenters. The van der Waals surface area contributed by atoms with Crippen LogP contribution in [-0.4, -0.2) is 15.6 Å². The highest BCUT2D eigenvalue weighted by molar-refractivity contribution is 9.10. The number of aryl methyl sites for hydroxylation is 1. The molecule has 6 heteroatoms. The average molecular weight is 412 g/mol. The molecule has 0 spiro atoms. The van der Waals surface area contributed by atoms with Crippen molar-refractivity contribution in [1.29, 1.82) is 0 Å². The Bertz CT molecular complexity index is 1050. The Morgan fingerprint density at radius 1 is 1.16 bits per heavy atom. The van der Waals surface area contributed by atoms with Gasteiger partial charge in [0.15, 0.2) is 5.17 Å². The van der Waals surface area contributed by atoms with Crippen LogP contribution in [0.15, 0.2) is 69.1 Å². The third kappa shape index (κ3) is 3.15. The summed E-state index contributed by atoms with van der Waals surface area (Å²) in [5.74, 6) is -0.122. The van der Waals surface area contributed by atoms with Crippen molar-refractivity contribution >= 4 is 61.4 Å². The van der Waals surface area contributed by atoms with Crippen LogP contribution in [0.25, 0.3) is 17.0 Å². The third-order valence-electron chi connectivity index (χ3n) is 3.94. The molecule has 4 nitrogen and oxygen atoms in total. The lowest BCUT2D eigenvalue weighted by molar-refractivity contribution is -0.115. The van der Waals surface area contributed by atoms with Gasteiger partial charge in [-0.15, -0.1) is 0 Å². The van der Waals surface area contributed by atoms with Crippen molar-refractivity contribution in [1.82, 2.24) is 9.88 Å². The predicted octanol–water partition coefficient (Wildman–Crippen LogP) is 4.83. The molecule has 2 heterocycles. The zero-order valence-electron chi connectivity index (χ0n) is 13.4. The zero-order chi connectivity index (χ0) is 17.4. The molecule has 124 valence electrons. The van der Waals surface area contributed by atoms with Crippen molar-refractivity contribution in [2.45, 2.75) is 0 Å². The van der Waals surface area contributed by atoms with Gasteiger partial charge in [0.2, 0.25) is 0 Å². The number of aliphatic imine (C=N–C) groups is 1. The smallest absolute Gasteiger partial charge is 0.264 e. The maximum absolute atomic E-state index is 12.3. The van der Waals surface area contributed by atoms with Crippen LogP contribution in [0.4, 0.5) is 5.69 Å². The summed E-state index contributed by atoms with van der Waals surface area (Å²) in [7, 11) is 2.01. The number of rotatable bonds is 2. The van der Waals surface area contributed by atoms with E-state index in [0.717, 1.165) is 26.6 Å². The van der Waals surface area contributed by atoms with Gasteiger partial charge in [-0.25, -0.2) is 4.99 Å². The number of amidine groups is 1. The molecule has 2 aromatic carbocycles. The first-order chi connectivity index (χ1) is 12.1. The van der Waals surface area contributed by atoms with E-state index in [1.54, 1.807) is 0 Å². The highest BCUT2D eigenvalue weighted by atomic mass is 79.9. The highest BCUT2D eigenvalue weighted by Crippen LogP contribution is 2.32. The lowest BCUT2D eigenvalue weighted by Crippen LogP contribution is -2.19. The number of amides is 1. The van der Waals surface area contributed by atoms with Crippen LogP contribution in [0.1, 0.15) is 5.56 Å². The number of benzene rings is 2. The average Bonchev–Trinajstić information content (AvgIpc) is 3.11. The summed E-state index contributed by atoms with van der Waals surface area (Å²) in [6.07, 6.45) is 3.96. The number of fused-ring (bicyclic) bond motifs is 1. The van der Waals surface area contributed by atoms with Crippen molar-refractivity contribution < 1.29 is 4.79 Å². The molecule has 1 aromatic heterocycles. The Morgan fingerprint density at radius 3 is 2.76 bits per heavy atom. The van der Waals surface area contributed by atoms with Gasteiger partial charge in [-0.05, 0) is 52.0 Å². The Balaban J connectivity index is 1.69. The molecule has 1 aliphatic heterocycles. The summed E-state index contributed by atoms with van der Waals surface area (Å²) < 4.78 is 2.96. The molecule has 4 rings (SSSR count). The quantitative estimate of drug-likeness (QED) is 0.613. The number of hydrogen-bond acceptors (Lipinski definition) is 3. The van der Waals surface area contributed by atoms with Crippen LogP contribution in [-0.2, 0) is 11.8 Å². The molecule has 0 radical (unpaired) electrons. The van der Waals surface area contributed by atoms with E-state index in [-0.39, 0.29) is 5.91 Å². The Hall–Kier alpha value is -2.31. The van der Waals surface area contributed by atoms with E-state index in [1.807, 2.05) is 55.7 Å². The van der Waals surface area contributed by atoms with Crippen LogP contribution in [0.5, 0.6) is 0 Å². The first-order valence-electron chi connectivity index (χ1n) is 7.70. The molecule has 0 aliphatic carbocycles. The van der Waals surface area contributed by atoms with Gasteiger partial charge >= 0.3 is 0 Å². The van der Waals surface area contributed by atoms with Crippen molar-refractivity contribution in [2.75, 3.05) is 0 Å². The molecule has 1 aliphatic rings. The van der Waals surface area contributed by atoms with E-state index >= 15 is 0 Å². The Morgan fingerprint density at radius 2 is 1.92 bits per heavy atom. The molecule has 1 saturated heterocycles. The molecule has 1 N–H and O–H groups in total. The van der Waals surface area contributed by atoms with Crippen molar-refractivity contribution in [3.05, 3.63) is 69.7 Å². The molecule has 25 heavy (non-hydrogen) atoms. The molecular formula is C19H14BrN3OS. The summed E-state index contributed by atoms with van der Waals surface area (Å²) in [6, 6.07) is 15.8. The fraction of sp³-hybridized carbons (Fsp3) is 0.0526. The first kappa shape index (κ1) is 16.2. The van der Waals surface area contributed by atoms with Crippen LogP contribution in [0.3, 0.4) is 0 Å². The summed E-state index contributed by atoms with van der Waals surface area (Å²) in [6.45, 7) is 0. The van der Waals surface area contributed by atoms with E-state index in [1.165, 1.54) is 11.8 Å². The number of nitrogens with one attached hydrogen (secondary N) is 1. The van der Waals surface area contributed by atoms with Gasteiger partial charge in [0.05, 0.1) is 10.6 Å². The van der Waals surface area contributed by atoms with Gasteiger partial charge in [-0.3, -0.25) is 4.79 Å². The molecule has 0 unspecified atom stereocenters. The topological polar surface area (TPSA) is 46.4 Å². The second-order valence-electron chi connectivity index (χ2n) is 5.65. The van der Waals surface area contributed by atoms with Crippen LogP contribution in [0.2, 0.25) is 0 Å². The maximum Gasteiger partial charge on any atom is 0.264 e. The summed E-state index contributed by atoms with van der Waals surface area (Å²) in [5.41, 5.74) is 2.95. The summed E-state index contributed by atoms with van der Waals surface area (Å²) in [4.78, 5) is 17.5. The lowest BCUT2D eigenvalue weighted by atomic mass is 10.1. The summed E-state index contributed by atoms with van der Waals surface area (Å²) in [5, 5.41) is 4.55. The Labute approximate surface area is 157 Å². The third-order valence-corrected chi connectivity index (χ3v) is 5.52. The number of carbonyl (C=O) groups excluding carboxylic acids is 1. The number of halogens is 1. The number of carbonyl (C=O) groups is 1. The minimum absolute atomic E-state index is 0.122. The monoisotopic (exact) mass is 411 g/mol. The number of thioether (sulfide) groups is 1. The van der Waals surface area contributed by atoms with Crippen LogP contribution >= 0.6 is 27.7 Å². The minimum Gasteiger partial charge on any atom is -0.350 e. The highest BCUT2D eigenvalue weighted by Gasteiger charge is 2.24. The van der Waals surface area contributed by atoms with Gasteiger partial charge in [0, 0.05) is 34.2 Å². The molecule has 1 fully saturated rings. The summed E-state index contributed by atoms with van der Waals surface area (Å²) >= 11 is 4.83. The largest absolute Gasteiger partial charge is 0.350 e. The predicted molar refractivity (Wildman–Crippen MR) is 108 cm³/mol. The van der Waals surface area contributed by atoms with Crippen LogP contribution in [0, 0.1) is 0 Å². The standard InChI is InChI=1S/C19H14BrN3OS/c1-23-11-12(13-6-2-5-9-16(13)23)10-17-18(24)22-19(25-17)21-15-8-4-3-7-14(15)20/h2-11H,1H3,(H,21,22,24). The number of nitrogens with zero attached hydrogens (tertiary/aromatic N) is 2. The molecule has 1 amide bonds. The van der Waals surface area contributed by atoms with E-state index in [2.05, 4.69) is 42.9 Å². The van der Waals surface area contributed by atoms with E-state index in [9.17, 15) is 4.79 Å². The van der Waals surface area contributed by atoms with Crippen molar-refractivity contribution in [3.8, 4) is 0 Å². The number of hydrogen-bond donors (Lipinski definition) is 1. The zero-order valence-corrected chi connectivity index (χ0v) is 15.8.